The van der Waals surface area contributed by atoms with Crippen LogP contribution in [0.3, 0.4) is 0 Å². The summed E-state index contributed by atoms with van der Waals surface area (Å²) in [5.41, 5.74) is 3.78. The van der Waals surface area contributed by atoms with Crippen molar-refractivity contribution in [2.75, 3.05) is 14.2 Å². The first-order valence-corrected chi connectivity index (χ1v) is 9.33. The molecule has 0 saturated heterocycles. The fourth-order valence-electron chi connectivity index (χ4n) is 4.10. The summed E-state index contributed by atoms with van der Waals surface area (Å²) in [6.07, 6.45) is 6.47. The summed E-state index contributed by atoms with van der Waals surface area (Å²) in [7, 11) is 3.22. The lowest BCUT2D eigenvalue weighted by Crippen LogP contribution is -2.22. The summed E-state index contributed by atoms with van der Waals surface area (Å²) >= 11 is 2.19. The number of nitrogens with one attached hydrogen (secondary N) is 1. The highest BCUT2D eigenvalue weighted by atomic mass is 127. The second-order valence-electron chi connectivity index (χ2n) is 6.81. The van der Waals surface area contributed by atoms with Crippen molar-refractivity contribution >= 4 is 34.7 Å². The molecular weight excluding hydrogens is 419 g/mol. The van der Waals surface area contributed by atoms with E-state index in [1.807, 2.05) is 12.1 Å². The maximum Gasteiger partial charge on any atom is 0.244 e. The Hall–Kier alpha value is -1.31. The zero-order chi connectivity index (χ0) is 17.3. The smallest absolute Gasteiger partial charge is 0.244 e. The van der Waals surface area contributed by atoms with Gasteiger partial charge < -0.3 is 9.47 Å². The van der Waals surface area contributed by atoms with Crippen molar-refractivity contribution in [2.24, 2.45) is 22.4 Å². The molecule has 0 unspecified atom stereocenters. The van der Waals surface area contributed by atoms with Gasteiger partial charge in [-0.05, 0) is 64.5 Å². The van der Waals surface area contributed by atoms with Crippen molar-refractivity contribution in [1.29, 1.82) is 0 Å². The van der Waals surface area contributed by atoms with Crippen LogP contribution in [0, 0.1) is 20.8 Å². The molecule has 130 valence electrons. The molecular formula is C18H23IN2O3. The minimum atomic E-state index is 0.0517. The van der Waals surface area contributed by atoms with Crippen molar-refractivity contribution in [2.45, 2.75) is 32.6 Å². The van der Waals surface area contributed by atoms with Crippen LogP contribution in [0.1, 0.15) is 38.2 Å². The van der Waals surface area contributed by atoms with Crippen LogP contribution >= 0.6 is 22.6 Å². The standard InChI is InChI=1S/C18H23IN2O3/c1-18-7-5-4-6-12(18)15(18)17(22)21-20-10-11-8-13(19)16(24-3)14(9-11)23-2/h8-10,12,15H,4-7H2,1-3H3,(H,21,22)/b20-10-/t12-,15-,18-/m0/s1. The molecule has 1 amide bonds. The zero-order valence-corrected chi connectivity index (χ0v) is 16.4. The first-order chi connectivity index (χ1) is 11.5. The number of fused-ring (bicyclic) bond motifs is 1. The summed E-state index contributed by atoms with van der Waals surface area (Å²) in [4.78, 5) is 12.4. The van der Waals surface area contributed by atoms with Crippen LogP contribution in [0.4, 0.5) is 0 Å². The maximum atomic E-state index is 12.4. The van der Waals surface area contributed by atoms with E-state index in [0.29, 0.717) is 17.4 Å². The van der Waals surface area contributed by atoms with Gasteiger partial charge in [-0.1, -0.05) is 19.8 Å². The quantitative estimate of drug-likeness (QED) is 0.431. The molecule has 1 N–H and O–H groups in total. The highest BCUT2D eigenvalue weighted by molar-refractivity contribution is 14.1. The highest BCUT2D eigenvalue weighted by Gasteiger charge is 2.64. The van der Waals surface area contributed by atoms with Gasteiger partial charge in [0.15, 0.2) is 11.5 Å². The third-order valence-electron chi connectivity index (χ3n) is 5.46. The second kappa shape index (κ2) is 6.90. The first-order valence-electron chi connectivity index (χ1n) is 8.25. The van der Waals surface area contributed by atoms with Crippen LogP contribution in [-0.4, -0.2) is 26.3 Å². The van der Waals surface area contributed by atoms with Gasteiger partial charge in [0.05, 0.1) is 24.0 Å². The molecule has 0 radical (unpaired) electrons. The van der Waals surface area contributed by atoms with Crippen LogP contribution in [0.2, 0.25) is 0 Å². The number of ether oxygens (including phenoxy) is 2. The molecule has 1 aromatic carbocycles. The van der Waals surface area contributed by atoms with Crippen molar-refractivity contribution in [3.63, 3.8) is 0 Å². The number of hydrazone groups is 1. The summed E-state index contributed by atoms with van der Waals surface area (Å²) in [5.74, 6) is 2.08. The number of methoxy groups -OCH3 is 2. The minimum absolute atomic E-state index is 0.0517. The van der Waals surface area contributed by atoms with Crippen LogP contribution in [0.25, 0.3) is 0 Å². The van der Waals surface area contributed by atoms with Gasteiger partial charge in [0, 0.05) is 5.92 Å². The van der Waals surface area contributed by atoms with E-state index in [1.54, 1.807) is 20.4 Å². The number of halogens is 1. The number of benzene rings is 1. The Kier molecular flexibility index (Phi) is 5.03. The Morgan fingerprint density at radius 3 is 2.79 bits per heavy atom. The molecule has 2 aliphatic carbocycles. The van der Waals surface area contributed by atoms with E-state index in [4.69, 9.17) is 9.47 Å². The molecule has 3 rings (SSSR count). The third kappa shape index (κ3) is 3.12. The molecule has 0 aliphatic heterocycles. The van der Waals surface area contributed by atoms with E-state index in [-0.39, 0.29) is 17.2 Å². The van der Waals surface area contributed by atoms with Crippen molar-refractivity contribution in [3.8, 4) is 11.5 Å². The maximum absolute atomic E-state index is 12.4. The Bertz CT molecular complexity index is 676. The lowest BCUT2D eigenvalue weighted by Gasteiger charge is -2.15. The van der Waals surface area contributed by atoms with Gasteiger partial charge >= 0.3 is 0 Å². The zero-order valence-electron chi connectivity index (χ0n) is 14.3. The molecule has 2 fully saturated rings. The fourth-order valence-corrected chi connectivity index (χ4v) is 4.95. The predicted octanol–water partition coefficient (Wildman–Crippen LogP) is 3.58. The van der Waals surface area contributed by atoms with Gasteiger partial charge in [-0.25, -0.2) is 5.43 Å². The van der Waals surface area contributed by atoms with E-state index in [1.165, 1.54) is 19.3 Å². The highest BCUT2D eigenvalue weighted by Crippen LogP contribution is 2.66. The van der Waals surface area contributed by atoms with Gasteiger partial charge in [-0.15, -0.1) is 0 Å². The molecule has 2 aliphatic rings. The SMILES string of the molecule is COc1cc(/C=N\NC(=O)[C@@H]2[C@@H]3CCCC[C@]23C)cc(I)c1OC. The molecule has 0 aromatic heterocycles. The van der Waals surface area contributed by atoms with E-state index in [0.717, 1.165) is 15.6 Å². The minimum Gasteiger partial charge on any atom is -0.493 e. The summed E-state index contributed by atoms with van der Waals surface area (Å²) < 4.78 is 11.6. The average molecular weight is 442 g/mol. The number of carbonyl (C=O) groups is 1. The van der Waals surface area contributed by atoms with Gasteiger partial charge in [0.25, 0.3) is 0 Å². The van der Waals surface area contributed by atoms with Gasteiger partial charge in [-0.2, -0.15) is 5.10 Å². The van der Waals surface area contributed by atoms with Crippen LogP contribution in [0.5, 0.6) is 11.5 Å². The monoisotopic (exact) mass is 442 g/mol. The van der Waals surface area contributed by atoms with Gasteiger partial charge in [-0.3, -0.25) is 4.79 Å². The number of hydrogen-bond acceptors (Lipinski definition) is 4. The molecule has 6 heteroatoms. The summed E-state index contributed by atoms with van der Waals surface area (Å²) in [6, 6.07) is 3.78. The lowest BCUT2D eigenvalue weighted by atomic mass is 9.90. The predicted molar refractivity (Wildman–Crippen MR) is 102 cm³/mol. The van der Waals surface area contributed by atoms with E-state index >= 15 is 0 Å². The molecule has 24 heavy (non-hydrogen) atoms. The van der Waals surface area contributed by atoms with Gasteiger partial charge in [0.2, 0.25) is 5.91 Å². The topological polar surface area (TPSA) is 59.9 Å². The Morgan fingerprint density at radius 2 is 2.17 bits per heavy atom. The van der Waals surface area contributed by atoms with Crippen molar-refractivity contribution < 1.29 is 14.3 Å². The van der Waals surface area contributed by atoms with E-state index in [9.17, 15) is 4.79 Å². The van der Waals surface area contributed by atoms with Crippen LogP contribution < -0.4 is 14.9 Å². The van der Waals surface area contributed by atoms with Crippen LogP contribution in [-0.2, 0) is 4.79 Å². The third-order valence-corrected chi connectivity index (χ3v) is 6.26. The van der Waals surface area contributed by atoms with Crippen molar-refractivity contribution in [3.05, 3.63) is 21.3 Å². The van der Waals surface area contributed by atoms with E-state index in [2.05, 4.69) is 40.0 Å². The normalized spacial score (nSPS) is 28.3. The fraction of sp³-hybridized carbons (Fsp3) is 0.556. The Labute approximate surface area is 156 Å². The summed E-state index contributed by atoms with van der Waals surface area (Å²) in [5, 5.41) is 4.14. The summed E-state index contributed by atoms with van der Waals surface area (Å²) in [6.45, 7) is 2.24. The molecule has 3 atom stereocenters. The largest absolute Gasteiger partial charge is 0.493 e. The Balaban J connectivity index is 1.65. The van der Waals surface area contributed by atoms with Crippen LogP contribution in [0.15, 0.2) is 17.2 Å². The molecule has 0 heterocycles. The van der Waals surface area contributed by atoms with Crippen molar-refractivity contribution in [1.82, 2.24) is 5.43 Å². The molecule has 2 saturated carbocycles. The first kappa shape index (κ1) is 17.5. The lowest BCUT2D eigenvalue weighted by molar-refractivity contribution is -0.123. The Morgan fingerprint density at radius 1 is 1.38 bits per heavy atom. The average Bonchev–Trinajstić information content (AvgIpc) is 3.19. The molecule has 5 nitrogen and oxygen atoms in total. The number of carbonyl (C=O) groups excluding carboxylic acids is 1. The number of nitrogens with zero attached hydrogens (tertiary/aromatic N) is 1. The number of amides is 1. The number of hydrogen-bond donors (Lipinski definition) is 1. The van der Waals surface area contributed by atoms with E-state index < -0.39 is 0 Å². The molecule has 0 spiro atoms. The molecule has 1 aromatic rings. The number of rotatable bonds is 5. The van der Waals surface area contributed by atoms with Gasteiger partial charge in [0.1, 0.15) is 0 Å². The second-order valence-corrected chi connectivity index (χ2v) is 7.97. The molecule has 0 bridgehead atoms.